The van der Waals surface area contributed by atoms with Gasteiger partial charge in [-0.3, -0.25) is 9.59 Å². The lowest BCUT2D eigenvalue weighted by Crippen LogP contribution is -2.48. The van der Waals surface area contributed by atoms with Crippen molar-refractivity contribution in [3.05, 3.63) is 70.9 Å². The van der Waals surface area contributed by atoms with E-state index < -0.39 is 5.25 Å². The van der Waals surface area contributed by atoms with Crippen molar-refractivity contribution in [2.24, 2.45) is 10.7 Å². The SMILES string of the molecule is Cc1cccc(C)c1N=C1S[C@@H](C(=O)Nc2ccccc2)C(N)=C1C(=O)N1CCN(C)CC1. The zero-order valence-electron chi connectivity index (χ0n) is 19.2. The summed E-state index contributed by atoms with van der Waals surface area (Å²) in [6.07, 6.45) is 0. The van der Waals surface area contributed by atoms with Crippen LogP contribution < -0.4 is 11.1 Å². The number of nitrogens with two attached hydrogens (primary N) is 1. The number of rotatable bonds is 4. The first kappa shape index (κ1) is 23.1. The highest BCUT2D eigenvalue weighted by atomic mass is 32.2. The monoisotopic (exact) mass is 463 g/mol. The van der Waals surface area contributed by atoms with Gasteiger partial charge in [0.25, 0.3) is 5.91 Å². The van der Waals surface area contributed by atoms with E-state index in [0.717, 1.165) is 29.9 Å². The number of amides is 2. The molecule has 2 aliphatic rings. The fourth-order valence-corrected chi connectivity index (χ4v) is 5.06. The van der Waals surface area contributed by atoms with Crippen molar-refractivity contribution in [2.75, 3.05) is 38.5 Å². The van der Waals surface area contributed by atoms with E-state index in [4.69, 9.17) is 10.7 Å². The Bertz CT molecular complexity index is 1100. The van der Waals surface area contributed by atoms with Gasteiger partial charge in [-0.2, -0.15) is 0 Å². The molecule has 2 aromatic rings. The van der Waals surface area contributed by atoms with Gasteiger partial charge in [0, 0.05) is 37.6 Å². The number of benzene rings is 2. The summed E-state index contributed by atoms with van der Waals surface area (Å²) in [5, 5.41) is 2.69. The molecular formula is C25H29N5O2S. The zero-order chi connectivity index (χ0) is 23.5. The topological polar surface area (TPSA) is 91.0 Å². The van der Waals surface area contributed by atoms with Gasteiger partial charge in [0.1, 0.15) is 10.3 Å². The van der Waals surface area contributed by atoms with Crippen LogP contribution in [0.15, 0.2) is 64.8 Å². The van der Waals surface area contributed by atoms with Crippen molar-refractivity contribution < 1.29 is 9.59 Å². The first-order chi connectivity index (χ1) is 15.8. The molecule has 8 heteroatoms. The molecule has 2 aromatic carbocycles. The molecule has 4 rings (SSSR count). The number of hydrogen-bond donors (Lipinski definition) is 2. The Morgan fingerprint density at radius 1 is 1.00 bits per heavy atom. The largest absolute Gasteiger partial charge is 0.400 e. The standard InChI is InChI=1S/C25H29N5O2S/c1-16-8-7-9-17(2)21(16)28-24-19(25(32)30-14-12-29(3)13-15-30)20(26)22(33-24)23(31)27-18-10-5-4-6-11-18/h4-11,22H,12-15,26H2,1-3H3,(H,27,31)/t22-/m1/s1. The van der Waals surface area contributed by atoms with Gasteiger partial charge in [0.2, 0.25) is 5.91 Å². The average Bonchev–Trinajstić information content (AvgIpc) is 3.13. The highest BCUT2D eigenvalue weighted by Crippen LogP contribution is 2.37. The molecule has 7 nitrogen and oxygen atoms in total. The number of para-hydroxylation sites is 2. The summed E-state index contributed by atoms with van der Waals surface area (Å²) in [7, 11) is 2.04. The van der Waals surface area contributed by atoms with E-state index in [1.54, 1.807) is 4.90 Å². The minimum atomic E-state index is -0.723. The van der Waals surface area contributed by atoms with Crippen molar-refractivity contribution in [3.8, 4) is 0 Å². The third kappa shape index (κ3) is 4.96. The Morgan fingerprint density at radius 3 is 2.27 bits per heavy atom. The molecule has 0 unspecified atom stereocenters. The van der Waals surface area contributed by atoms with Gasteiger partial charge in [-0.05, 0) is 44.2 Å². The number of thioether (sulfide) groups is 1. The number of likely N-dealkylation sites (N-methyl/N-ethyl adjacent to an activating group) is 1. The zero-order valence-corrected chi connectivity index (χ0v) is 20.0. The van der Waals surface area contributed by atoms with Gasteiger partial charge >= 0.3 is 0 Å². The van der Waals surface area contributed by atoms with E-state index in [0.29, 0.717) is 29.4 Å². The number of aliphatic imine (C=N–C) groups is 1. The van der Waals surface area contributed by atoms with E-state index in [-0.39, 0.29) is 17.5 Å². The van der Waals surface area contributed by atoms with Gasteiger partial charge in [0.05, 0.1) is 11.3 Å². The fraction of sp³-hybridized carbons (Fsp3) is 0.320. The molecule has 0 spiro atoms. The van der Waals surface area contributed by atoms with Crippen molar-refractivity contribution in [3.63, 3.8) is 0 Å². The molecule has 0 aliphatic carbocycles. The maximum absolute atomic E-state index is 13.6. The van der Waals surface area contributed by atoms with Crippen LogP contribution in [0, 0.1) is 13.8 Å². The van der Waals surface area contributed by atoms with Crippen LogP contribution in [0.4, 0.5) is 11.4 Å². The number of carbonyl (C=O) groups is 2. The lowest BCUT2D eigenvalue weighted by atomic mass is 10.1. The molecular weight excluding hydrogens is 434 g/mol. The lowest BCUT2D eigenvalue weighted by Gasteiger charge is -2.32. The predicted octanol–water partition coefficient (Wildman–Crippen LogP) is 3.07. The quantitative estimate of drug-likeness (QED) is 0.727. The van der Waals surface area contributed by atoms with Gasteiger partial charge in [-0.1, -0.05) is 48.2 Å². The maximum atomic E-state index is 13.6. The molecule has 0 saturated carbocycles. The van der Waals surface area contributed by atoms with Crippen molar-refractivity contribution in [1.29, 1.82) is 0 Å². The second-order valence-electron chi connectivity index (χ2n) is 8.44. The summed E-state index contributed by atoms with van der Waals surface area (Å²) in [4.78, 5) is 35.5. The van der Waals surface area contributed by atoms with Crippen LogP contribution in [0.3, 0.4) is 0 Å². The molecule has 2 aliphatic heterocycles. The molecule has 1 fully saturated rings. The number of nitrogens with zero attached hydrogens (tertiary/aromatic N) is 3. The fourth-order valence-electron chi connectivity index (χ4n) is 3.96. The van der Waals surface area contributed by atoms with Crippen LogP contribution in [0.2, 0.25) is 0 Å². The Hall–Kier alpha value is -3.10. The third-order valence-corrected chi connectivity index (χ3v) is 7.17. The Labute approximate surface area is 198 Å². The summed E-state index contributed by atoms with van der Waals surface area (Å²) in [6, 6.07) is 15.2. The maximum Gasteiger partial charge on any atom is 0.258 e. The van der Waals surface area contributed by atoms with E-state index in [1.165, 1.54) is 11.8 Å². The molecule has 172 valence electrons. The van der Waals surface area contributed by atoms with E-state index >= 15 is 0 Å². The van der Waals surface area contributed by atoms with E-state index in [9.17, 15) is 9.59 Å². The van der Waals surface area contributed by atoms with Crippen LogP contribution in [-0.4, -0.2) is 65.1 Å². The highest BCUT2D eigenvalue weighted by Gasteiger charge is 2.40. The second-order valence-corrected chi connectivity index (χ2v) is 9.53. The smallest absolute Gasteiger partial charge is 0.258 e. The molecule has 3 N–H and O–H groups in total. The van der Waals surface area contributed by atoms with Crippen LogP contribution >= 0.6 is 11.8 Å². The van der Waals surface area contributed by atoms with Gasteiger partial charge in [-0.25, -0.2) is 4.99 Å². The summed E-state index contributed by atoms with van der Waals surface area (Å²) < 4.78 is 0. The van der Waals surface area contributed by atoms with Crippen LogP contribution in [0.25, 0.3) is 0 Å². The summed E-state index contributed by atoms with van der Waals surface area (Å²) in [6.45, 7) is 6.81. The number of hydrogen-bond acceptors (Lipinski definition) is 6. The molecule has 2 heterocycles. The molecule has 1 atom stereocenters. The number of aryl methyl sites for hydroxylation is 2. The van der Waals surface area contributed by atoms with Gasteiger partial charge in [-0.15, -0.1) is 0 Å². The summed E-state index contributed by atoms with van der Waals surface area (Å²) >= 11 is 1.24. The molecule has 1 saturated heterocycles. The highest BCUT2D eigenvalue weighted by molar-refractivity contribution is 8.16. The molecule has 33 heavy (non-hydrogen) atoms. The minimum Gasteiger partial charge on any atom is -0.400 e. The number of nitrogens with one attached hydrogen (secondary N) is 1. The summed E-state index contributed by atoms with van der Waals surface area (Å²) in [5.74, 6) is -0.424. The van der Waals surface area contributed by atoms with Gasteiger partial charge in [0.15, 0.2) is 0 Å². The van der Waals surface area contributed by atoms with Crippen LogP contribution in [-0.2, 0) is 9.59 Å². The molecule has 2 amide bonds. The number of anilines is 1. The van der Waals surface area contributed by atoms with Gasteiger partial charge < -0.3 is 20.9 Å². The van der Waals surface area contributed by atoms with Crippen molar-refractivity contribution >= 4 is 40.0 Å². The van der Waals surface area contributed by atoms with E-state index in [1.807, 2.05) is 69.4 Å². The first-order valence-electron chi connectivity index (χ1n) is 11.0. The van der Waals surface area contributed by atoms with Crippen molar-refractivity contribution in [2.45, 2.75) is 19.1 Å². The first-order valence-corrected chi connectivity index (χ1v) is 11.9. The second kappa shape index (κ2) is 9.80. The number of piperazine rings is 1. The Morgan fingerprint density at radius 2 is 1.64 bits per heavy atom. The molecule has 0 radical (unpaired) electrons. The molecule has 0 aromatic heterocycles. The molecule has 0 bridgehead atoms. The third-order valence-electron chi connectivity index (χ3n) is 5.95. The Kier molecular flexibility index (Phi) is 6.85. The Balaban J connectivity index is 1.70. The summed E-state index contributed by atoms with van der Waals surface area (Å²) in [5.41, 5.74) is 10.6. The lowest BCUT2D eigenvalue weighted by molar-refractivity contribution is -0.128. The van der Waals surface area contributed by atoms with Crippen LogP contribution in [0.5, 0.6) is 0 Å². The van der Waals surface area contributed by atoms with E-state index in [2.05, 4.69) is 10.2 Å². The normalized spacial score (nSPS) is 20.4. The minimum absolute atomic E-state index is 0.159. The van der Waals surface area contributed by atoms with Crippen molar-refractivity contribution in [1.82, 2.24) is 9.80 Å². The predicted molar refractivity (Wildman–Crippen MR) is 135 cm³/mol. The van der Waals surface area contributed by atoms with Crippen LogP contribution in [0.1, 0.15) is 11.1 Å². The number of carbonyl (C=O) groups excluding carboxylic acids is 2. The average molecular weight is 464 g/mol.